The smallest absolute Gasteiger partial charge is 0.134 e. The number of hydrogen-bond donors (Lipinski definition) is 0. The van der Waals surface area contributed by atoms with Crippen LogP contribution in [-0.4, -0.2) is 33.6 Å². The highest BCUT2D eigenvalue weighted by Crippen LogP contribution is 2.19. The van der Waals surface area contributed by atoms with Gasteiger partial charge in [-0.3, -0.25) is 9.69 Å². The van der Waals surface area contributed by atoms with Crippen LogP contribution in [0.25, 0.3) is 5.69 Å². The maximum Gasteiger partial charge on any atom is 0.134 e. The lowest BCUT2D eigenvalue weighted by molar-refractivity contribution is -0.122. The van der Waals surface area contributed by atoms with Crippen molar-refractivity contribution in [1.29, 1.82) is 0 Å². The summed E-state index contributed by atoms with van der Waals surface area (Å²) in [7, 11) is 0. The summed E-state index contributed by atoms with van der Waals surface area (Å²) in [5, 5.41) is 4.43. The number of rotatable bonds is 4. The largest absolute Gasteiger partial charge is 0.300 e. The molecule has 0 amide bonds. The van der Waals surface area contributed by atoms with Crippen LogP contribution in [0.15, 0.2) is 42.7 Å². The minimum absolute atomic E-state index is 0.211. The molecule has 4 nitrogen and oxygen atoms in total. The molecular weight excluding hydrogens is 262 g/mol. The van der Waals surface area contributed by atoms with Crippen molar-refractivity contribution in [3.05, 3.63) is 48.3 Å². The van der Waals surface area contributed by atoms with Crippen LogP contribution in [0.5, 0.6) is 0 Å². The fourth-order valence-corrected chi connectivity index (χ4v) is 2.95. The number of likely N-dealkylation sites (tertiary alicyclic amines) is 1. The molecule has 0 spiro atoms. The highest BCUT2D eigenvalue weighted by Gasteiger charge is 2.23. The van der Waals surface area contributed by atoms with Crippen LogP contribution in [0, 0.1) is 5.92 Å². The van der Waals surface area contributed by atoms with E-state index in [4.69, 9.17) is 0 Å². The van der Waals surface area contributed by atoms with Crippen molar-refractivity contribution in [3.8, 4) is 5.69 Å². The van der Waals surface area contributed by atoms with E-state index < -0.39 is 0 Å². The van der Waals surface area contributed by atoms with Crippen LogP contribution in [0.4, 0.5) is 0 Å². The molecule has 0 radical (unpaired) electrons. The first-order valence-corrected chi connectivity index (χ1v) is 7.54. The highest BCUT2D eigenvalue weighted by atomic mass is 16.1. The molecule has 2 aromatic rings. The number of piperidine rings is 1. The number of Topliss-reactive ketones (excluding diaryl/α,β-unsaturated/α-hetero) is 1. The zero-order chi connectivity index (χ0) is 14.7. The monoisotopic (exact) mass is 283 g/mol. The first kappa shape index (κ1) is 14.0. The lowest BCUT2D eigenvalue weighted by Crippen LogP contribution is -2.37. The van der Waals surface area contributed by atoms with E-state index in [-0.39, 0.29) is 5.92 Å². The van der Waals surface area contributed by atoms with Gasteiger partial charge in [0, 0.05) is 30.8 Å². The van der Waals surface area contributed by atoms with Crippen molar-refractivity contribution in [2.24, 2.45) is 5.92 Å². The van der Waals surface area contributed by atoms with Gasteiger partial charge in [0.15, 0.2) is 0 Å². The van der Waals surface area contributed by atoms with Gasteiger partial charge in [-0.1, -0.05) is 18.2 Å². The normalized spacial score (nSPS) is 19.6. The molecule has 2 heterocycles. The Hall–Kier alpha value is -1.94. The van der Waals surface area contributed by atoms with Crippen molar-refractivity contribution in [3.63, 3.8) is 0 Å². The van der Waals surface area contributed by atoms with Gasteiger partial charge in [-0.15, -0.1) is 0 Å². The summed E-state index contributed by atoms with van der Waals surface area (Å²) in [5.41, 5.74) is 2.27. The Morgan fingerprint density at radius 2 is 2.14 bits per heavy atom. The first-order valence-electron chi connectivity index (χ1n) is 7.54. The van der Waals surface area contributed by atoms with E-state index in [9.17, 15) is 4.79 Å². The number of para-hydroxylation sites is 1. The molecule has 1 saturated heterocycles. The minimum Gasteiger partial charge on any atom is -0.300 e. The molecule has 1 aromatic heterocycles. The van der Waals surface area contributed by atoms with E-state index in [1.807, 2.05) is 41.2 Å². The Kier molecular flexibility index (Phi) is 4.15. The average molecular weight is 283 g/mol. The second-order valence-corrected chi connectivity index (χ2v) is 5.81. The number of benzene rings is 1. The van der Waals surface area contributed by atoms with Crippen molar-refractivity contribution < 1.29 is 4.79 Å². The summed E-state index contributed by atoms with van der Waals surface area (Å²) in [6, 6.07) is 10.1. The first-order chi connectivity index (χ1) is 10.2. The third-order valence-electron chi connectivity index (χ3n) is 4.14. The number of hydrogen-bond acceptors (Lipinski definition) is 3. The van der Waals surface area contributed by atoms with Gasteiger partial charge in [-0.2, -0.15) is 5.10 Å². The number of carbonyl (C=O) groups excluding carboxylic acids is 1. The Morgan fingerprint density at radius 3 is 2.90 bits per heavy atom. The summed E-state index contributed by atoms with van der Waals surface area (Å²) in [6.07, 6.45) is 6.14. The molecule has 0 N–H and O–H groups in total. The van der Waals surface area contributed by atoms with Crippen LogP contribution in [0.2, 0.25) is 0 Å². The SMILES string of the molecule is CC(=O)C1CCCN(Cc2cnn(-c3ccccc3)c2)C1. The summed E-state index contributed by atoms with van der Waals surface area (Å²) < 4.78 is 1.90. The average Bonchev–Trinajstić information content (AvgIpc) is 2.97. The Bertz CT molecular complexity index is 606. The quantitative estimate of drug-likeness (QED) is 0.866. The molecule has 1 fully saturated rings. The Labute approximate surface area is 125 Å². The van der Waals surface area contributed by atoms with Crippen LogP contribution >= 0.6 is 0 Å². The second kappa shape index (κ2) is 6.22. The molecule has 1 atom stereocenters. The third-order valence-corrected chi connectivity index (χ3v) is 4.14. The van der Waals surface area contributed by atoms with Gasteiger partial charge in [0.2, 0.25) is 0 Å². The number of nitrogens with zero attached hydrogens (tertiary/aromatic N) is 3. The van der Waals surface area contributed by atoms with Gasteiger partial charge in [-0.05, 0) is 38.4 Å². The topological polar surface area (TPSA) is 38.1 Å². The van der Waals surface area contributed by atoms with E-state index in [1.54, 1.807) is 6.92 Å². The molecule has 0 aliphatic carbocycles. The number of carbonyl (C=O) groups is 1. The van der Waals surface area contributed by atoms with Gasteiger partial charge in [-0.25, -0.2) is 4.68 Å². The molecule has 3 rings (SSSR count). The van der Waals surface area contributed by atoms with Crippen molar-refractivity contribution in [1.82, 2.24) is 14.7 Å². The molecule has 1 aliphatic heterocycles. The molecule has 21 heavy (non-hydrogen) atoms. The minimum atomic E-state index is 0.211. The second-order valence-electron chi connectivity index (χ2n) is 5.81. The molecule has 110 valence electrons. The van der Waals surface area contributed by atoms with Crippen molar-refractivity contribution in [2.75, 3.05) is 13.1 Å². The lowest BCUT2D eigenvalue weighted by Gasteiger charge is -2.31. The molecule has 4 heteroatoms. The molecule has 1 aliphatic rings. The zero-order valence-electron chi connectivity index (χ0n) is 12.4. The molecule has 1 aromatic carbocycles. The summed E-state index contributed by atoms with van der Waals surface area (Å²) in [4.78, 5) is 13.9. The number of ketones is 1. The van der Waals surface area contributed by atoms with Crippen LogP contribution < -0.4 is 0 Å². The fourth-order valence-electron chi connectivity index (χ4n) is 2.95. The molecular formula is C17H21N3O. The maximum atomic E-state index is 11.5. The van der Waals surface area contributed by atoms with E-state index in [1.165, 1.54) is 5.56 Å². The van der Waals surface area contributed by atoms with Gasteiger partial charge >= 0.3 is 0 Å². The van der Waals surface area contributed by atoms with Crippen molar-refractivity contribution >= 4 is 5.78 Å². The zero-order valence-corrected chi connectivity index (χ0v) is 12.4. The van der Waals surface area contributed by atoms with E-state index in [2.05, 4.69) is 16.2 Å². The predicted octanol–water partition coefficient (Wildman–Crippen LogP) is 2.67. The van der Waals surface area contributed by atoms with E-state index >= 15 is 0 Å². The van der Waals surface area contributed by atoms with Gasteiger partial charge in [0.05, 0.1) is 11.9 Å². The lowest BCUT2D eigenvalue weighted by atomic mass is 9.94. The molecule has 0 bridgehead atoms. The summed E-state index contributed by atoms with van der Waals surface area (Å²) in [6.45, 7) is 4.53. The third kappa shape index (κ3) is 3.39. The Morgan fingerprint density at radius 1 is 1.33 bits per heavy atom. The molecule has 0 saturated carbocycles. The van der Waals surface area contributed by atoms with Crippen LogP contribution in [-0.2, 0) is 11.3 Å². The fraction of sp³-hybridized carbons (Fsp3) is 0.412. The predicted molar refractivity (Wildman–Crippen MR) is 82.2 cm³/mol. The van der Waals surface area contributed by atoms with Crippen LogP contribution in [0.1, 0.15) is 25.3 Å². The van der Waals surface area contributed by atoms with Gasteiger partial charge in [0.1, 0.15) is 5.78 Å². The summed E-state index contributed by atoms with van der Waals surface area (Å²) in [5.74, 6) is 0.530. The van der Waals surface area contributed by atoms with Crippen molar-refractivity contribution in [2.45, 2.75) is 26.3 Å². The van der Waals surface area contributed by atoms with E-state index in [0.717, 1.165) is 38.2 Å². The number of aromatic nitrogens is 2. The highest BCUT2D eigenvalue weighted by molar-refractivity contribution is 5.78. The maximum absolute atomic E-state index is 11.5. The summed E-state index contributed by atoms with van der Waals surface area (Å²) >= 11 is 0. The van der Waals surface area contributed by atoms with Crippen LogP contribution in [0.3, 0.4) is 0 Å². The van der Waals surface area contributed by atoms with E-state index in [0.29, 0.717) is 5.78 Å². The van der Waals surface area contributed by atoms with Gasteiger partial charge < -0.3 is 0 Å². The van der Waals surface area contributed by atoms with Gasteiger partial charge in [0.25, 0.3) is 0 Å². The Balaban J connectivity index is 1.66. The standard InChI is InChI=1S/C17H21N3O/c1-14(21)16-6-5-9-19(13-16)11-15-10-18-20(12-15)17-7-3-2-4-8-17/h2-4,7-8,10,12,16H,5-6,9,11,13H2,1H3. The molecule has 1 unspecified atom stereocenters.